The summed E-state index contributed by atoms with van der Waals surface area (Å²) in [5, 5.41) is 1.97. The molecule has 0 bridgehead atoms. The molecule has 2 aromatic carbocycles. The minimum absolute atomic E-state index is 0.140. The van der Waals surface area contributed by atoms with Gasteiger partial charge in [-0.15, -0.1) is 0 Å². The van der Waals surface area contributed by atoms with Gasteiger partial charge in [0.05, 0.1) is 11.8 Å². The maximum atomic E-state index is 12.4. The molecule has 0 aliphatic rings. The topological polar surface area (TPSA) is 66.5 Å². The van der Waals surface area contributed by atoms with Gasteiger partial charge < -0.3 is 14.5 Å². The maximum absolute atomic E-state index is 12.4. The molecule has 0 aliphatic heterocycles. The van der Waals surface area contributed by atoms with Gasteiger partial charge in [0, 0.05) is 22.8 Å². The second-order valence-corrected chi connectivity index (χ2v) is 5.93. The van der Waals surface area contributed by atoms with Crippen LogP contribution in [0.5, 0.6) is 0 Å². The first-order chi connectivity index (χ1) is 11.8. The summed E-state index contributed by atoms with van der Waals surface area (Å²) < 4.78 is 2.09. The smallest absolute Gasteiger partial charge is 0.274 e. The van der Waals surface area contributed by atoms with Crippen LogP contribution in [0.4, 0.5) is 0 Å². The van der Waals surface area contributed by atoms with E-state index in [1.165, 1.54) is 5.56 Å². The standard InChI is InChI=1S/C19H14N4O/c24-19-16-15(13-8-4-5-9-14(13)21-16)17-18(22-19)20-11-23(17)10-12-6-2-1-3-7-12/h1-9,11,21H,10H2,(H,22,24). The second-order valence-electron chi connectivity index (χ2n) is 5.93. The Bertz CT molecular complexity index is 1240. The van der Waals surface area contributed by atoms with Gasteiger partial charge in [0.1, 0.15) is 5.52 Å². The zero-order valence-corrected chi connectivity index (χ0v) is 12.8. The fourth-order valence-electron chi connectivity index (χ4n) is 3.36. The van der Waals surface area contributed by atoms with E-state index in [2.05, 4.69) is 31.7 Å². The molecule has 0 saturated heterocycles. The van der Waals surface area contributed by atoms with Crippen molar-refractivity contribution in [3.8, 4) is 0 Å². The molecule has 0 radical (unpaired) electrons. The lowest BCUT2D eigenvalue weighted by Crippen LogP contribution is -2.07. The molecule has 0 amide bonds. The van der Waals surface area contributed by atoms with E-state index in [4.69, 9.17) is 0 Å². The number of H-pyrrole nitrogens is 2. The molecule has 0 atom stereocenters. The molecule has 0 unspecified atom stereocenters. The van der Waals surface area contributed by atoms with Crippen LogP contribution in [0.1, 0.15) is 5.56 Å². The molecule has 5 heteroatoms. The predicted octanol–water partition coefficient (Wildman–Crippen LogP) is 3.41. The quantitative estimate of drug-likeness (QED) is 0.524. The number of para-hydroxylation sites is 1. The molecular weight excluding hydrogens is 300 g/mol. The van der Waals surface area contributed by atoms with Crippen molar-refractivity contribution in [3.63, 3.8) is 0 Å². The van der Waals surface area contributed by atoms with Gasteiger partial charge in [-0.05, 0) is 11.6 Å². The van der Waals surface area contributed by atoms with Gasteiger partial charge in [-0.25, -0.2) is 4.98 Å². The van der Waals surface area contributed by atoms with E-state index >= 15 is 0 Å². The van der Waals surface area contributed by atoms with Crippen LogP contribution in [-0.2, 0) is 6.54 Å². The Kier molecular flexibility index (Phi) is 2.64. The molecule has 5 nitrogen and oxygen atoms in total. The largest absolute Gasteiger partial charge is 0.350 e. The van der Waals surface area contributed by atoms with Crippen molar-refractivity contribution >= 4 is 33.0 Å². The number of benzene rings is 2. The van der Waals surface area contributed by atoms with E-state index < -0.39 is 0 Å². The Labute approximate surface area is 136 Å². The van der Waals surface area contributed by atoms with Crippen LogP contribution in [0.2, 0.25) is 0 Å². The number of hydrogen-bond donors (Lipinski definition) is 2. The number of hydrogen-bond acceptors (Lipinski definition) is 2. The van der Waals surface area contributed by atoms with Gasteiger partial charge >= 0.3 is 0 Å². The highest BCUT2D eigenvalue weighted by Gasteiger charge is 2.15. The lowest BCUT2D eigenvalue weighted by molar-refractivity contribution is 0.827. The highest BCUT2D eigenvalue weighted by atomic mass is 16.1. The van der Waals surface area contributed by atoms with Crippen LogP contribution in [0.25, 0.3) is 33.0 Å². The third-order valence-electron chi connectivity index (χ3n) is 4.44. The number of aromatic nitrogens is 4. The van der Waals surface area contributed by atoms with Crippen LogP contribution in [0.15, 0.2) is 65.7 Å². The minimum Gasteiger partial charge on any atom is -0.350 e. The van der Waals surface area contributed by atoms with Crippen molar-refractivity contribution in [2.24, 2.45) is 0 Å². The number of nitrogens with one attached hydrogen (secondary N) is 2. The third kappa shape index (κ3) is 1.81. The zero-order valence-electron chi connectivity index (χ0n) is 12.8. The average Bonchev–Trinajstić information content (AvgIpc) is 3.18. The Morgan fingerprint density at radius 3 is 2.62 bits per heavy atom. The number of aromatic amines is 2. The summed E-state index contributed by atoms with van der Waals surface area (Å²) in [6, 6.07) is 18.2. The lowest BCUT2D eigenvalue weighted by Gasteiger charge is -2.05. The summed E-state index contributed by atoms with van der Waals surface area (Å²) in [7, 11) is 0. The van der Waals surface area contributed by atoms with Crippen LogP contribution >= 0.6 is 0 Å². The molecule has 24 heavy (non-hydrogen) atoms. The molecule has 0 fully saturated rings. The number of nitrogens with zero attached hydrogens (tertiary/aromatic N) is 2. The van der Waals surface area contributed by atoms with Crippen molar-refractivity contribution < 1.29 is 0 Å². The van der Waals surface area contributed by atoms with E-state index in [1.54, 1.807) is 6.33 Å². The zero-order chi connectivity index (χ0) is 16.1. The first kappa shape index (κ1) is 13.1. The van der Waals surface area contributed by atoms with Crippen LogP contribution in [-0.4, -0.2) is 19.5 Å². The van der Waals surface area contributed by atoms with Gasteiger partial charge in [-0.2, -0.15) is 0 Å². The Morgan fingerprint density at radius 2 is 1.75 bits per heavy atom. The molecule has 5 aromatic rings. The molecular formula is C19H14N4O. The van der Waals surface area contributed by atoms with Crippen molar-refractivity contribution in [2.75, 3.05) is 0 Å². The molecule has 3 heterocycles. The van der Waals surface area contributed by atoms with Crippen molar-refractivity contribution in [3.05, 3.63) is 76.8 Å². The highest BCUT2D eigenvalue weighted by molar-refractivity contribution is 6.17. The van der Waals surface area contributed by atoms with Crippen molar-refractivity contribution in [2.45, 2.75) is 6.54 Å². The third-order valence-corrected chi connectivity index (χ3v) is 4.44. The minimum atomic E-state index is -0.140. The average molecular weight is 314 g/mol. The number of rotatable bonds is 2. The van der Waals surface area contributed by atoms with E-state index in [0.717, 1.165) is 21.8 Å². The molecule has 0 spiro atoms. The van der Waals surface area contributed by atoms with Crippen LogP contribution in [0, 0.1) is 0 Å². The summed E-state index contributed by atoms with van der Waals surface area (Å²) in [5.41, 5.74) is 4.17. The van der Waals surface area contributed by atoms with Crippen molar-refractivity contribution in [1.82, 2.24) is 19.5 Å². The molecule has 5 rings (SSSR count). The van der Waals surface area contributed by atoms with E-state index in [1.807, 2.05) is 42.5 Å². The Hall–Kier alpha value is -3.34. The molecule has 3 aromatic heterocycles. The van der Waals surface area contributed by atoms with E-state index in [9.17, 15) is 4.79 Å². The number of pyridine rings is 1. The van der Waals surface area contributed by atoms with Gasteiger partial charge in [-0.3, -0.25) is 4.79 Å². The van der Waals surface area contributed by atoms with E-state index in [-0.39, 0.29) is 5.56 Å². The van der Waals surface area contributed by atoms with Crippen LogP contribution < -0.4 is 5.56 Å². The molecule has 2 N–H and O–H groups in total. The summed E-state index contributed by atoms with van der Waals surface area (Å²) in [6.07, 6.45) is 1.79. The fraction of sp³-hybridized carbons (Fsp3) is 0.0526. The number of fused-ring (bicyclic) bond motifs is 5. The first-order valence-corrected chi connectivity index (χ1v) is 7.83. The summed E-state index contributed by atoms with van der Waals surface area (Å²) in [4.78, 5) is 22.9. The fourth-order valence-corrected chi connectivity index (χ4v) is 3.36. The van der Waals surface area contributed by atoms with Gasteiger partial charge in [0.25, 0.3) is 5.56 Å². The summed E-state index contributed by atoms with van der Waals surface area (Å²) in [5.74, 6) is 0. The summed E-state index contributed by atoms with van der Waals surface area (Å²) in [6.45, 7) is 0.706. The van der Waals surface area contributed by atoms with Crippen LogP contribution in [0.3, 0.4) is 0 Å². The van der Waals surface area contributed by atoms with Gasteiger partial charge in [-0.1, -0.05) is 48.5 Å². The van der Waals surface area contributed by atoms with Crippen molar-refractivity contribution in [1.29, 1.82) is 0 Å². The van der Waals surface area contributed by atoms with Gasteiger partial charge in [0.2, 0.25) is 0 Å². The van der Waals surface area contributed by atoms with E-state index in [0.29, 0.717) is 17.7 Å². The Balaban J connectivity index is 1.88. The highest BCUT2D eigenvalue weighted by Crippen LogP contribution is 2.29. The Morgan fingerprint density at radius 1 is 0.958 bits per heavy atom. The lowest BCUT2D eigenvalue weighted by atomic mass is 10.1. The molecule has 0 aliphatic carbocycles. The predicted molar refractivity (Wildman–Crippen MR) is 95.3 cm³/mol. The number of imidazole rings is 1. The summed E-state index contributed by atoms with van der Waals surface area (Å²) >= 11 is 0. The van der Waals surface area contributed by atoms with Gasteiger partial charge in [0.15, 0.2) is 5.65 Å². The maximum Gasteiger partial charge on any atom is 0.274 e. The SMILES string of the molecule is O=c1[nH]c2ncn(Cc3ccccc3)c2c2c1[nH]c1ccccc12. The monoisotopic (exact) mass is 314 g/mol. The molecule has 0 saturated carbocycles. The second kappa shape index (κ2) is 4.83. The normalized spacial score (nSPS) is 11.7. The molecule has 116 valence electrons. The first-order valence-electron chi connectivity index (χ1n) is 7.83.